The topological polar surface area (TPSA) is 79.5 Å². The summed E-state index contributed by atoms with van der Waals surface area (Å²) in [4.78, 5) is 15.2. The van der Waals surface area contributed by atoms with Crippen LogP contribution in [0.25, 0.3) is 0 Å². The van der Waals surface area contributed by atoms with Crippen molar-refractivity contribution in [3.05, 3.63) is 0 Å². The molecule has 1 amide bonds. The summed E-state index contributed by atoms with van der Waals surface area (Å²) in [5, 5.41) is 5.87. The fraction of sp³-hybridized carbons (Fsp3) is 0.778. The highest BCUT2D eigenvalue weighted by molar-refractivity contribution is 5.84. The Morgan fingerprint density at radius 3 is 2.36 bits per heavy atom. The SMILES string of the molecule is NC(=NCC(=O)NC1CC1)NC1CC1. The smallest absolute Gasteiger partial charge is 0.242 e. The number of nitrogens with zero attached hydrogens (tertiary/aromatic N) is 1. The van der Waals surface area contributed by atoms with E-state index in [0.29, 0.717) is 18.0 Å². The van der Waals surface area contributed by atoms with Crippen molar-refractivity contribution in [3.8, 4) is 0 Å². The van der Waals surface area contributed by atoms with Gasteiger partial charge in [-0.3, -0.25) is 4.79 Å². The van der Waals surface area contributed by atoms with Crippen LogP contribution < -0.4 is 16.4 Å². The van der Waals surface area contributed by atoms with Gasteiger partial charge in [-0.15, -0.1) is 0 Å². The summed E-state index contributed by atoms with van der Waals surface area (Å²) in [6.45, 7) is 0.141. The zero-order valence-corrected chi connectivity index (χ0v) is 8.12. The van der Waals surface area contributed by atoms with Crippen molar-refractivity contribution in [1.82, 2.24) is 10.6 Å². The third-order valence-electron chi connectivity index (χ3n) is 2.26. The monoisotopic (exact) mass is 196 g/mol. The molecule has 0 spiro atoms. The molecule has 0 aromatic heterocycles. The molecule has 0 radical (unpaired) electrons. The molecular weight excluding hydrogens is 180 g/mol. The van der Waals surface area contributed by atoms with Crippen LogP contribution in [0.4, 0.5) is 0 Å². The molecule has 2 saturated carbocycles. The molecular formula is C9H16N4O. The Morgan fingerprint density at radius 2 is 1.79 bits per heavy atom. The highest BCUT2D eigenvalue weighted by Crippen LogP contribution is 2.18. The maximum Gasteiger partial charge on any atom is 0.242 e. The van der Waals surface area contributed by atoms with Gasteiger partial charge in [-0.25, -0.2) is 4.99 Å². The molecule has 0 aromatic carbocycles. The van der Waals surface area contributed by atoms with Crippen LogP contribution in [0.3, 0.4) is 0 Å². The first kappa shape index (κ1) is 9.30. The summed E-state index contributed by atoms with van der Waals surface area (Å²) in [5.74, 6) is 0.353. The molecule has 2 fully saturated rings. The molecule has 0 unspecified atom stereocenters. The molecule has 2 rings (SSSR count). The summed E-state index contributed by atoms with van der Waals surface area (Å²) in [6.07, 6.45) is 4.52. The minimum absolute atomic E-state index is 0.0342. The van der Waals surface area contributed by atoms with E-state index >= 15 is 0 Å². The van der Waals surface area contributed by atoms with Crippen LogP contribution in [0.5, 0.6) is 0 Å². The lowest BCUT2D eigenvalue weighted by Crippen LogP contribution is -2.35. The molecule has 0 aromatic rings. The second kappa shape index (κ2) is 3.86. The number of hydrogen-bond acceptors (Lipinski definition) is 2. The predicted molar refractivity (Wildman–Crippen MR) is 53.8 cm³/mol. The van der Waals surface area contributed by atoms with E-state index in [4.69, 9.17) is 5.73 Å². The summed E-state index contributed by atoms with van der Waals surface area (Å²) < 4.78 is 0. The Balaban J connectivity index is 1.64. The van der Waals surface area contributed by atoms with Gasteiger partial charge in [0, 0.05) is 12.1 Å². The fourth-order valence-corrected chi connectivity index (χ4v) is 1.14. The molecule has 2 aliphatic carbocycles. The quantitative estimate of drug-likeness (QED) is 0.412. The van der Waals surface area contributed by atoms with Crippen LogP contribution in [0.15, 0.2) is 4.99 Å². The zero-order chi connectivity index (χ0) is 9.97. The van der Waals surface area contributed by atoms with Crippen LogP contribution in [0.1, 0.15) is 25.7 Å². The van der Waals surface area contributed by atoms with Gasteiger partial charge in [0.15, 0.2) is 5.96 Å². The van der Waals surface area contributed by atoms with E-state index in [1.54, 1.807) is 0 Å². The Kier molecular flexibility index (Phi) is 2.56. The van der Waals surface area contributed by atoms with Gasteiger partial charge in [-0.1, -0.05) is 0 Å². The number of carbonyl (C=O) groups is 1. The van der Waals surface area contributed by atoms with Crippen LogP contribution in [-0.2, 0) is 4.79 Å². The molecule has 5 heteroatoms. The Bertz CT molecular complexity index is 256. The van der Waals surface area contributed by atoms with Crippen molar-refractivity contribution in [3.63, 3.8) is 0 Å². The highest BCUT2D eigenvalue weighted by atomic mass is 16.1. The molecule has 0 heterocycles. The first-order valence-corrected chi connectivity index (χ1v) is 5.10. The molecule has 0 atom stereocenters. The maximum absolute atomic E-state index is 11.2. The molecule has 78 valence electrons. The van der Waals surface area contributed by atoms with Gasteiger partial charge < -0.3 is 16.4 Å². The predicted octanol–water partition coefficient (Wildman–Crippen LogP) is -0.668. The van der Waals surface area contributed by atoms with E-state index in [9.17, 15) is 4.79 Å². The summed E-state index contributed by atoms with van der Waals surface area (Å²) in [7, 11) is 0. The average Bonchev–Trinajstić information content (AvgIpc) is 2.96. The van der Waals surface area contributed by atoms with Crippen LogP contribution >= 0.6 is 0 Å². The van der Waals surface area contributed by atoms with E-state index in [1.165, 1.54) is 0 Å². The van der Waals surface area contributed by atoms with Gasteiger partial charge in [-0.05, 0) is 25.7 Å². The fourth-order valence-electron chi connectivity index (χ4n) is 1.14. The number of guanidine groups is 1. The lowest BCUT2D eigenvalue weighted by molar-refractivity contribution is -0.119. The maximum atomic E-state index is 11.2. The minimum atomic E-state index is -0.0342. The van der Waals surface area contributed by atoms with Crippen LogP contribution in [0, 0.1) is 0 Å². The van der Waals surface area contributed by atoms with E-state index in [-0.39, 0.29) is 12.5 Å². The number of rotatable bonds is 4. The molecule has 0 aliphatic heterocycles. The number of amides is 1. The first-order chi connectivity index (χ1) is 6.74. The zero-order valence-electron chi connectivity index (χ0n) is 8.12. The van der Waals surface area contributed by atoms with Gasteiger partial charge in [-0.2, -0.15) is 0 Å². The molecule has 0 bridgehead atoms. The number of nitrogens with one attached hydrogen (secondary N) is 2. The number of nitrogens with two attached hydrogens (primary N) is 1. The van der Waals surface area contributed by atoms with E-state index < -0.39 is 0 Å². The van der Waals surface area contributed by atoms with Crippen molar-refractivity contribution in [2.24, 2.45) is 10.7 Å². The first-order valence-electron chi connectivity index (χ1n) is 5.10. The average molecular weight is 196 g/mol. The van der Waals surface area contributed by atoms with Crippen molar-refractivity contribution in [2.75, 3.05) is 6.54 Å². The van der Waals surface area contributed by atoms with Crippen molar-refractivity contribution in [2.45, 2.75) is 37.8 Å². The second-order valence-corrected chi connectivity index (χ2v) is 3.96. The normalized spacial score (nSPS) is 21.9. The van der Waals surface area contributed by atoms with Gasteiger partial charge in [0.2, 0.25) is 5.91 Å². The molecule has 5 nitrogen and oxygen atoms in total. The van der Waals surface area contributed by atoms with E-state index in [1.807, 2.05) is 0 Å². The van der Waals surface area contributed by atoms with Crippen molar-refractivity contribution >= 4 is 11.9 Å². The van der Waals surface area contributed by atoms with E-state index in [2.05, 4.69) is 15.6 Å². The largest absolute Gasteiger partial charge is 0.370 e. The van der Waals surface area contributed by atoms with Crippen molar-refractivity contribution < 1.29 is 4.79 Å². The van der Waals surface area contributed by atoms with E-state index in [0.717, 1.165) is 25.7 Å². The summed E-state index contributed by atoms with van der Waals surface area (Å²) >= 11 is 0. The van der Waals surface area contributed by atoms with Gasteiger partial charge in [0.25, 0.3) is 0 Å². The Labute approximate surface area is 83.1 Å². The second-order valence-electron chi connectivity index (χ2n) is 3.96. The number of hydrogen-bond donors (Lipinski definition) is 3. The van der Waals surface area contributed by atoms with Crippen LogP contribution in [-0.4, -0.2) is 30.5 Å². The standard InChI is InChI=1S/C9H16N4O/c10-9(13-7-3-4-7)11-5-8(14)12-6-1-2-6/h6-7H,1-5H2,(H,12,14)(H3,10,11,13). The number of aliphatic imine (C=N–C) groups is 1. The molecule has 4 N–H and O–H groups in total. The highest BCUT2D eigenvalue weighted by Gasteiger charge is 2.23. The Hall–Kier alpha value is -1.26. The summed E-state index contributed by atoms with van der Waals surface area (Å²) in [5.41, 5.74) is 5.57. The lowest BCUT2D eigenvalue weighted by atomic mass is 10.5. The van der Waals surface area contributed by atoms with Gasteiger partial charge in [0.1, 0.15) is 6.54 Å². The van der Waals surface area contributed by atoms with Crippen LogP contribution in [0.2, 0.25) is 0 Å². The Morgan fingerprint density at radius 1 is 1.21 bits per heavy atom. The third kappa shape index (κ3) is 3.24. The van der Waals surface area contributed by atoms with Gasteiger partial charge >= 0.3 is 0 Å². The molecule has 2 aliphatic rings. The van der Waals surface area contributed by atoms with Crippen molar-refractivity contribution in [1.29, 1.82) is 0 Å². The summed E-state index contributed by atoms with van der Waals surface area (Å²) in [6, 6.07) is 0.889. The number of carbonyl (C=O) groups excluding carboxylic acids is 1. The molecule has 0 saturated heterocycles. The van der Waals surface area contributed by atoms with Gasteiger partial charge in [0.05, 0.1) is 0 Å². The minimum Gasteiger partial charge on any atom is -0.370 e. The third-order valence-corrected chi connectivity index (χ3v) is 2.26. The molecule has 14 heavy (non-hydrogen) atoms. The lowest BCUT2D eigenvalue weighted by Gasteiger charge is -2.03.